The van der Waals surface area contributed by atoms with Crippen LogP contribution in [0.1, 0.15) is 29.7 Å². The molecule has 0 heterocycles. The van der Waals surface area contributed by atoms with Crippen LogP contribution in [0.2, 0.25) is 0 Å². The summed E-state index contributed by atoms with van der Waals surface area (Å²) in [6.45, 7) is 2.19. The van der Waals surface area contributed by atoms with Gasteiger partial charge in [-0.25, -0.2) is 0 Å². The summed E-state index contributed by atoms with van der Waals surface area (Å²) in [5.74, 6) is 1.46. The highest BCUT2D eigenvalue weighted by atomic mass is 32.2. The molecule has 3 aromatic rings. The fourth-order valence-electron chi connectivity index (χ4n) is 2.77. The van der Waals surface area contributed by atoms with Gasteiger partial charge < -0.3 is 5.11 Å². The molecule has 0 aliphatic carbocycles. The van der Waals surface area contributed by atoms with Gasteiger partial charge >= 0.3 is 0 Å². The first-order valence-corrected chi connectivity index (χ1v) is 8.73. The Hall–Kier alpha value is -1.93. The van der Waals surface area contributed by atoms with Crippen LogP contribution >= 0.6 is 11.8 Å². The normalized spacial score (nSPS) is 12.4. The van der Waals surface area contributed by atoms with Gasteiger partial charge in [-0.3, -0.25) is 0 Å². The second-order valence-electron chi connectivity index (χ2n) is 5.38. The highest BCUT2D eigenvalue weighted by molar-refractivity contribution is 7.99. The summed E-state index contributed by atoms with van der Waals surface area (Å²) in [5, 5.41) is 13.0. The molecule has 1 unspecified atom stereocenters. The third-order valence-corrected chi connectivity index (χ3v) is 5.29. The maximum atomic E-state index is 10.5. The number of thioether (sulfide) groups is 1. The Kier molecular flexibility index (Phi) is 4.69. The van der Waals surface area contributed by atoms with Crippen LogP contribution in [0.4, 0.5) is 0 Å². The molecule has 0 aromatic heterocycles. The minimum Gasteiger partial charge on any atom is -0.508 e. The van der Waals surface area contributed by atoms with Crippen LogP contribution < -0.4 is 0 Å². The van der Waals surface area contributed by atoms with Crippen molar-refractivity contribution >= 4 is 22.5 Å². The second kappa shape index (κ2) is 6.89. The van der Waals surface area contributed by atoms with E-state index >= 15 is 0 Å². The second-order valence-corrected chi connectivity index (χ2v) is 6.59. The molecule has 112 valence electrons. The zero-order valence-corrected chi connectivity index (χ0v) is 13.5. The lowest BCUT2D eigenvalue weighted by Crippen LogP contribution is -2.00. The molecule has 1 N–H and O–H groups in total. The van der Waals surface area contributed by atoms with Crippen molar-refractivity contribution in [3.8, 4) is 5.75 Å². The predicted molar refractivity (Wildman–Crippen MR) is 96.6 cm³/mol. The van der Waals surface area contributed by atoms with Gasteiger partial charge in [-0.2, -0.15) is 0 Å². The minimum atomic E-state index is 0.159. The van der Waals surface area contributed by atoms with E-state index in [0.29, 0.717) is 5.75 Å². The maximum Gasteiger partial charge on any atom is 0.120 e. The van der Waals surface area contributed by atoms with Crippen molar-refractivity contribution in [3.05, 3.63) is 77.9 Å². The van der Waals surface area contributed by atoms with Gasteiger partial charge in [0.25, 0.3) is 0 Å². The quantitative estimate of drug-likeness (QED) is 0.645. The standard InChI is InChI=1S/C20H20OS/c1-2-14-22-20(16-9-4-3-5-10-16)19-17-11-7-6-8-15(17)12-13-18(19)21/h3-13,20-21H,2,14H2,1H3. The van der Waals surface area contributed by atoms with Crippen LogP contribution in [0.3, 0.4) is 0 Å². The molecular formula is C20H20OS. The van der Waals surface area contributed by atoms with Gasteiger partial charge in [0.05, 0.1) is 5.25 Å². The summed E-state index contributed by atoms with van der Waals surface area (Å²) < 4.78 is 0. The number of benzene rings is 3. The summed E-state index contributed by atoms with van der Waals surface area (Å²) >= 11 is 1.90. The van der Waals surface area contributed by atoms with Crippen LogP contribution in [0.25, 0.3) is 10.8 Å². The number of fused-ring (bicyclic) bond motifs is 1. The molecule has 1 nitrogen and oxygen atoms in total. The molecule has 2 heteroatoms. The molecule has 0 saturated heterocycles. The van der Waals surface area contributed by atoms with E-state index in [0.717, 1.165) is 23.1 Å². The van der Waals surface area contributed by atoms with Crippen molar-refractivity contribution in [2.45, 2.75) is 18.6 Å². The van der Waals surface area contributed by atoms with Crippen LogP contribution in [-0.2, 0) is 0 Å². The molecule has 0 radical (unpaired) electrons. The monoisotopic (exact) mass is 308 g/mol. The molecule has 22 heavy (non-hydrogen) atoms. The van der Waals surface area contributed by atoms with Gasteiger partial charge in [-0.15, -0.1) is 11.8 Å². The van der Waals surface area contributed by atoms with Gasteiger partial charge in [-0.1, -0.05) is 67.6 Å². The van der Waals surface area contributed by atoms with E-state index in [1.54, 1.807) is 0 Å². The van der Waals surface area contributed by atoms with Crippen molar-refractivity contribution in [2.24, 2.45) is 0 Å². The van der Waals surface area contributed by atoms with E-state index in [9.17, 15) is 5.11 Å². The van der Waals surface area contributed by atoms with E-state index in [1.165, 1.54) is 10.9 Å². The van der Waals surface area contributed by atoms with Crippen molar-refractivity contribution in [3.63, 3.8) is 0 Å². The summed E-state index contributed by atoms with van der Waals surface area (Å²) in [4.78, 5) is 0. The zero-order valence-electron chi connectivity index (χ0n) is 12.7. The molecule has 3 aromatic carbocycles. The topological polar surface area (TPSA) is 20.2 Å². The predicted octanol–water partition coefficient (Wildman–Crippen LogP) is 5.78. The Morgan fingerprint density at radius 2 is 1.64 bits per heavy atom. The van der Waals surface area contributed by atoms with Crippen molar-refractivity contribution in [2.75, 3.05) is 5.75 Å². The summed E-state index contributed by atoms with van der Waals surface area (Å²) in [5.41, 5.74) is 2.27. The average molecular weight is 308 g/mol. The molecule has 0 saturated carbocycles. The molecule has 0 aliphatic rings. The first kappa shape index (κ1) is 15.0. The highest BCUT2D eigenvalue weighted by Gasteiger charge is 2.20. The van der Waals surface area contributed by atoms with Crippen molar-refractivity contribution in [1.82, 2.24) is 0 Å². The van der Waals surface area contributed by atoms with Gasteiger partial charge in [0.1, 0.15) is 5.75 Å². The van der Waals surface area contributed by atoms with Gasteiger partial charge in [-0.05, 0) is 34.6 Å². The summed E-state index contributed by atoms with van der Waals surface area (Å²) in [6, 6.07) is 22.6. The van der Waals surface area contributed by atoms with Crippen LogP contribution in [0.15, 0.2) is 66.7 Å². The number of hydrogen-bond acceptors (Lipinski definition) is 2. The van der Waals surface area contributed by atoms with E-state index in [4.69, 9.17) is 0 Å². The summed E-state index contributed by atoms with van der Waals surface area (Å²) in [7, 11) is 0. The van der Waals surface area contributed by atoms with Gasteiger partial charge in [0.15, 0.2) is 0 Å². The van der Waals surface area contributed by atoms with E-state index in [1.807, 2.05) is 42.1 Å². The Labute approximate surface area is 136 Å². The highest BCUT2D eigenvalue weighted by Crippen LogP contribution is 2.43. The first-order valence-electron chi connectivity index (χ1n) is 7.68. The number of phenols is 1. The molecule has 0 fully saturated rings. The number of hydrogen-bond donors (Lipinski definition) is 1. The molecule has 3 rings (SSSR count). The number of rotatable bonds is 5. The lowest BCUT2D eigenvalue weighted by molar-refractivity contribution is 0.470. The van der Waals surface area contributed by atoms with Gasteiger partial charge in [0, 0.05) is 5.56 Å². The number of phenolic OH excluding ortho intramolecular Hbond substituents is 1. The first-order chi connectivity index (χ1) is 10.8. The van der Waals surface area contributed by atoms with Gasteiger partial charge in [0.2, 0.25) is 0 Å². The molecule has 0 bridgehead atoms. The lowest BCUT2D eigenvalue weighted by atomic mass is 9.97. The smallest absolute Gasteiger partial charge is 0.120 e. The van der Waals surface area contributed by atoms with Crippen LogP contribution in [0, 0.1) is 0 Å². The fraction of sp³-hybridized carbons (Fsp3) is 0.200. The third kappa shape index (κ3) is 2.97. The largest absolute Gasteiger partial charge is 0.508 e. The zero-order chi connectivity index (χ0) is 15.4. The third-order valence-electron chi connectivity index (χ3n) is 3.80. The Morgan fingerprint density at radius 1 is 0.909 bits per heavy atom. The van der Waals surface area contributed by atoms with Crippen LogP contribution in [-0.4, -0.2) is 10.9 Å². The van der Waals surface area contributed by atoms with E-state index in [2.05, 4.69) is 43.3 Å². The number of aromatic hydroxyl groups is 1. The molecular weight excluding hydrogens is 288 g/mol. The Bertz CT molecular complexity index is 752. The molecule has 1 atom stereocenters. The molecule has 0 aliphatic heterocycles. The Balaban J connectivity index is 2.17. The van der Waals surface area contributed by atoms with E-state index < -0.39 is 0 Å². The van der Waals surface area contributed by atoms with Crippen molar-refractivity contribution < 1.29 is 5.11 Å². The van der Waals surface area contributed by atoms with Crippen molar-refractivity contribution in [1.29, 1.82) is 0 Å². The average Bonchev–Trinajstić information content (AvgIpc) is 2.58. The molecule has 0 spiro atoms. The SMILES string of the molecule is CCCSC(c1ccccc1)c1c(O)ccc2ccccc12. The molecule has 0 amide bonds. The maximum absolute atomic E-state index is 10.5. The fourth-order valence-corrected chi connectivity index (χ4v) is 4.00. The minimum absolute atomic E-state index is 0.159. The van der Waals surface area contributed by atoms with E-state index in [-0.39, 0.29) is 5.25 Å². The lowest BCUT2D eigenvalue weighted by Gasteiger charge is -2.20. The van der Waals surface area contributed by atoms with Crippen LogP contribution in [0.5, 0.6) is 5.75 Å². The summed E-state index contributed by atoms with van der Waals surface area (Å²) in [6.07, 6.45) is 1.12. The Morgan fingerprint density at radius 3 is 2.41 bits per heavy atom.